The Balaban J connectivity index is 2.16. The molecule has 0 aliphatic carbocycles. The molecule has 3 heteroatoms. The molecule has 0 aromatic heterocycles. The van der Waals surface area contributed by atoms with E-state index in [1.165, 1.54) is 25.7 Å². The maximum Gasteiger partial charge on any atom is 0.222 e. The molecule has 0 aromatic carbocycles. The van der Waals surface area contributed by atoms with Gasteiger partial charge in [-0.15, -0.1) is 0 Å². The summed E-state index contributed by atoms with van der Waals surface area (Å²) >= 11 is 4.20. The van der Waals surface area contributed by atoms with E-state index in [0.29, 0.717) is 5.91 Å². The number of thiol groups is 1. The number of unbranched alkanes of at least 4 members (excludes halogenated alkanes) is 3. The number of carbonyl (C=O) groups excluding carboxylic acids is 1. The third kappa shape index (κ3) is 5.24. The van der Waals surface area contributed by atoms with Crippen molar-refractivity contribution < 1.29 is 4.79 Å². The highest BCUT2D eigenvalue weighted by atomic mass is 32.1. The van der Waals surface area contributed by atoms with Crippen molar-refractivity contribution in [1.82, 2.24) is 4.90 Å². The highest BCUT2D eigenvalue weighted by molar-refractivity contribution is 7.80. The van der Waals surface area contributed by atoms with E-state index in [9.17, 15) is 4.79 Å². The molecule has 2 nitrogen and oxygen atoms in total. The van der Waals surface area contributed by atoms with Crippen LogP contribution in [0.1, 0.15) is 51.9 Å². The maximum absolute atomic E-state index is 11.8. The Morgan fingerprint density at radius 1 is 1.25 bits per heavy atom. The van der Waals surface area contributed by atoms with Crippen LogP contribution in [0.25, 0.3) is 0 Å². The van der Waals surface area contributed by atoms with Gasteiger partial charge in [0.05, 0.1) is 0 Å². The fourth-order valence-corrected chi connectivity index (χ4v) is 2.40. The predicted molar refractivity (Wildman–Crippen MR) is 71.9 cm³/mol. The fourth-order valence-electron chi connectivity index (χ4n) is 2.18. The van der Waals surface area contributed by atoms with Crippen LogP contribution in [0.15, 0.2) is 0 Å². The molecule has 1 aliphatic rings. The molecule has 0 N–H and O–H groups in total. The normalized spacial score (nSPS) is 22.2. The van der Waals surface area contributed by atoms with Crippen LogP contribution >= 0.6 is 12.6 Å². The van der Waals surface area contributed by atoms with E-state index in [-0.39, 0.29) is 0 Å². The van der Waals surface area contributed by atoms with Crippen LogP contribution in [0, 0.1) is 5.92 Å². The molecule has 1 unspecified atom stereocenters. The van der Waals surface area contributed by atoms with E-state index >= 15 is 0 Å². The second-order valence-corrected chi connectivity index (χ2v) is 5.40. The van der Waals surface area contributed by atoms with Crippen molar-refractivity contribution in [1.29, 1.82) is 0 Å². The fraction of sp³-hybridized carbons (Fsp3) is 0.923. The molecule has 94 valence electrons. The first-order valence-corrected chi connectivity index (χ1v) is 7.26. The van der Waals surface area contributed by atoms with Crippen LogP contribution in [-0.4, -0.2) is 29.6 Å². The van der Waals surface area contributed by atoms with Crippen molar-refractivity contribution >= 4 is 18.5 Å². The molecule has 1 atom stereocenters. The maximum atomic E-state index is 11.8. The summed E-state index contributed by atoms with van der Waals surface area (Å²) in [5.74, 6) is 2.08. The number of likely N-dealkylation sites (tertiary alicyclic amines) is 1. The van der Waals surface area contributed by atoms with Gasteiger partial charge in [0.1, 0.15) is 0 Å². The van der Waals surface area contributed by atoms with Gasteiger partial charge in [-0.1, -0.05) is 19.8 Å². The van der Waals surface area contributed by atoms with Crippen molar-refractivity contribution in [3.8, 4) is 0 Å². The van der Waals surface area contributed by atoms with Crippen molar-refractivity contribution in [3.05, 3.63) is 0 Å². The molecule has 0 spiro atoms. The van der Waals surface area contributed by atoms with E-state index in [1.807, 2.05) is 0 Å². The largest absolute Gasteiger partial charge is 0.343 e. The molecule has 0 bridgehead atoms. The number of carbonyl (C=O) groups is 1. The van der Waals surface area contributed by atoms with Crippen LogP contribution in [-0.2, 0) is 4.79 Å². The lowest BCUT2D eigenvalue weighted by molar-refractivity contribution is -0.130. The molecule has 1 fully saturated rings. The minimum Gasteiger partial charge on any atom is -0.343 e. The third-order valence-electron chi connectivity index (χ3n) is 3.43. The second-order valence-electron chi connectivity index (χ2n) is 4.95. The summed E-state index contributed by atoms with van der Waals surface area (Å²) in [7, 11) is 0. The van der Waals surface area contributed by atoms with Gasteiger partial charge in [0.15, 0.2) is 0 Å². The van der Waals surface area contributed by atoms with Crippen molar-refractivity contribution in [3.63, 3.8) is 0 Å². The topological polar surface area (TPSA) is 20.3 Å². The predicted octanol–water partition coefficient (Wildman–Crippen LogP) is 3.13. The molecule has 1 heterocycles. The molecule has 1 amide bonds. The van der Waals surface area contributed by atoms with Crippen LogP contribution in [0.3, 0.4) is 0 Å². The van der Waals surface area contributed by atoms with Crippen molar-refractivity contribution in [2.45, 2.75) is 51.9 Å². The Labute approximate surface area is 105 Å². The smallest absolute Gasteiger partial charge is 0.222 e. The Bertz CT molecular complexity index is 208. The number of rotatable bonds is 6. The molecule has 0 saturated carbocycles. The number of amides is 1. The summed E-state index contributed by atoms with van der Waals surface area (Å²) in [6, 6.07) is 0. The van der Waals surface area contributed by atoms with Crippen LogP contribution in [0.4, 0.5) is 0 Å². The molecule has 0 radical (unpaired) electrons. The Hall–Kier alpha value is -0.180. The van der Waals surface area contributed by atoms with E-state index in [0.717, 1.165) is 44.0 Å². The van der Waals surface area contributed by atoms with Gasteiger partial charge in [0.2, 0.25) is 5.91 Å². The van der Waals surface area contributed by atoms with Gasteiger partial charge >= 0.3 is 0 Å². The summed E-state index contributed by atoms with van der Waals surface area (Å²) in [5, 5.41) is 0. The van der Waals surface area contributed by atoms with E-state index in [2.05, 4.69) is 24.5 Å². The number of nitrogens with zero attached hydrogens (tertiary/aromatic N) is 1. The molecular formula is C13H25NOS. The molecule has 0 aromatic rings. The highest BCUT2D eigenvalue weighted by Gasteiger charge is 2.19. The monoisotopic (exact) mass is 243 g/mol. The summed E-state index contributed by atoms with van der Waals surface area (Å²) in [6.45, 7) is 4.20. The minimum absolute atomic E-state index is 0.374. The van der Waals surface area contributed by atoms with E-state index < -0.39 is 0 Å². The van der Waals surface area contributed by atoms with Crippen LogP contribution < -0.4 is 0 Å². The lowest BCUT2D eigenvalue weighted by atomic mass is 10.0. The second kappa shape index (κ2) is 7.99. The minimum atomic E-state index is 0.374. The van der Waals surface area contributed by atoms with Gasteiger partial charge in [-0.2, -0.15) is 12.6 Å². The first-order chi connectivity index (χ1) is 7.74. The number of hydrogen-bond donors (Lipinski definition) is 1. The Kier molecular flexibility index (Phi) is 6.93. The van der Waals surface area contributed by atoms with E-state index in [4.69, 9.17) is 0 Å². The lowest BCUT2D eigenvalue weighted by Crippen LogP contribution is -2.31. The van der Waals surface area contributed by atoms with Crippen LogP contribution in [0.2, 0.25) is 0 Å². The summed E-state index contributed by atoms with van der Waals surface area (Å²) in [6.07, 6.45) is 7.87. The first-order valence-electron chi connectivity index (χ1n) is 6.62. The summed E-state index contributed by atoms with van der Waals surface area (Å²) in [5.41, 5.74) is 0. The molecule has 1 aliphatic heterocycles. The van der Waals surface area contributed by atoms with Crippen molar-refractivity contribution in [2.24, 2.45) is 5.92 Å². The SMILES string of the molecule is CC1CCC(=O)N(CCCCCCS)CC1. The molecule has 16 heavy (non-hydrogen) atoms. The zero-order valence-corrected chi connectivity index (χ0v) is 11.3. The quantitative estimate of drug-likeness (QED) is 0.561. The summed E-state index contributed by atoms with van der Waals surface area (Å²) < 4.78 is 0. The average molecular weight is 243 g/mol. The standard InChI is InChI=1S/C13H25NOS/c1-12-6-7-13(15)14(10-8-12)9-4-2-3-5-11-16/h12,16H,2-11H2,1H3. The first kappa shape index (κ1) is 13.9. The Morgan fingerprint density at radius 2 is 2.00 bits per heavy atom. The lowest BCUT2D eigenvalue weighted by Gasteiger charge is -2.20. The van der Waals surface area contributed by atoms with Gasteiger partial charge in [-0.25, -0.2) is 0 Å². The average Bonchev–Trinajstić information content (AvgIpc) is 2.43. The third-order valence-corrected chi connectivity index (χ3v) is 3.75. The van der Waals surface area contributed by atoms with Crippen molar-refractivity contribution in [2.75, 3.05) is 18.8 Å². The summed E-state index contributed by atoms with van der Waals surface area (Å²) in [4.78, 5) is 13.9. The van der Waals surface area contributed by atoms with E-state index in [1.54, 1.807) is 0 Å². The highest BCUT2D eigenvalue weighted by Crippen LogP contribution is 2.18. The molecule has 1 rings (SSSR count). The van der Waals surface area contributed by atoms with Gasteiger partial charge in [-0.05, 0) is 37.4 Å². The van der Waals surface area contributed by atoms with Gasteiger partial charge in [0, 0.05) is 19.5 Å². The van der Waals surface area contributed by atoms with Gasteiger partial charge in [0.25, 0.3) is 0 Å². The number of hydrogen-bond acceptors (Lipinski definition) is 2. The zero-order chi connectivity index (χ0) is 11.8. The van der Waals surface area contributed by atoms with Gasteiger partial charge in [-0.3, -0.25) is 4.79 Å². The van der Waals surface area contributed by atoms with Crippen LogP contribution in [0.5, 0.6) is 0 Å². The van der Waals surface area contributed by atoms with Gasteiger partial charge < -0.3 is 4.90 Å². The molecule has 1 saturated heterocycles. The zero-order valence-electron chi connectivity index (χ0n) is 10.5. The molecular weight excluding hydrogens is 218 g/mol. The Morgan fingerprint density at radius 3 is 2.75 bits per heavy atom.